The topological polar surface area (TPSA) is 63.4 Å². The molecule has 6 nitrogen and oxygen atoms in total. The van der Waals surface area contributed by atoms with Crippen molar-refractivity contribution in [1.29, 1.82) is 0 Å². The van der Waals surface area contributed by atoms with Crippen LogP contribution in [0.5, 0.6) is 0 Å². The zero-order valence-electron chi connectivity index (χ0n) is 11.5. The van der Waals surface area contributed by atoms with Crippen LogP contribution in [-0.2, 0) is 0 Å². The summed E-state index contributed by atoms with van der Waals surface area (Å²) in [5.74, 6) is 1.56. The average molecular weight is 271 g/mol. The Bertz CT molecular complexity index is 679. The fraction of sp³-hybridized carbons (Fsp3) is 0.571. The van der Waals surface area contributed by atoms with Crippen LogP contribution in [0.25, 0.3) is 5.78 Å². The van der Waals surface area contributed by atoms with Gasteiger partial charge in [-0.25, -0.2) is 4.98 Å². The Morgan fingerprint density at radius 1 is 1.35 bits per heavy atom. The first-order chi connectivity index (χ1) is 9.72. The zero-order valence-corrected chi connectivity index (χ0v) is 11.5. The number of carbonyl (C=O) groups excluding carboxylic acids is 1. The Balaban J connectivity index is 1.70. The lowest BCUT2D eigenvalue weighted by Gasteiger charge is -2.23. The summed E-state index contributed by atoms with van der Waals surface area (Å²) >= 11 is 0. The molecule has 1 aliphatic carbocycles. The first-order valence-electron chi connectivity index (χ1n) is 7.22. The standard InChI is InChI=1S/C14H17N5O/c1-9-5-6-18-12(16-17-14(18)15-9)13(20)19-8-10-3-2-4-11(19)7-10/h5-6,10-11H,2-4,7-8H2,1H3/t10-,11+/m1/s1. The van der Waals surface area contributed by atoms with Crippen molar-refractivity contribution >= 4 is 11.7 Å². The normalized spacial score (nSPS) is 25.4. The highest BCUT2D eigenvalue weighted by Crippen LogP contribution is 2.35. The van der Waals surface area contributed by atoms with Gasteiger partial charge in [0.2, 0.25) is 5.82 Å². The highest BCUT2D eigenvalue weighted by atomic mass is 16.2. The molecule has 2 fully saturated rings. The molecule has 0 spiro atoms. The molecule has 1 aliphatic heterocycles. The fourth-order valence-electron chi connectivity index (χ4n) is 3.54. The fourth-order valence-corrected chi connectivity index (χ4v) is 3.54. The van der Waals surface area contributed by atoms with Gasteiger partial charge in [-0.2, -0.15) is 0 Å². The quantitative estimate of drug-likeness (QED) is 0.787. The van der Waals surface area contributed by atoms with Gasteiger partial charge in [0.15, 0.2) is 0 Å². The predicted molar refractivity (Wildman–Crippen MR) is 72.3 cm³/mol. The second kappa shape index (κ2) is 4.26. The van der Waals surface area contributed by atoms with Crippen LogP contribution in [0.15, 0.2) is 12.3 Å². The number of nitrogens with zero attached hydrogens (tertiary/aromatic N) is 5. The molecule has 0 N–H and O–H groups in total. The van der Waals surface area contributed by atoms with Crippen molar-refractivity contribution in [2.45, 2.75) is 38.6 Å². The smallest absolute Gasteiger partial charge is 0.292 e. The van der Waals surface area contributed by atoms with Gasteiger partial charge in [0.05, 0.1) is 0 Å². The molecule has 104 valence electrons. The van der Waals surface area contributed by atoms with Gasteiger partial charge in [-0.3, -0.25) is 9.20 Å². The van der Waals surface area contributed by atoms with Crippen LogP contribution in [0.2, 0.25) is 0 Å². The van der Waals surface area contributed by atoms with Crippen LogP contribution in [0.1, 0.15) is 42.0 Å². The number of hydrogen-bond acceptors (Lipinski definition) is 4. The molecular formula is C14H17N5O. The maximum absolute atomic E-state index is 12.7. The van der Waals surface area contributed by atoms with E-state index in [-0.39, 0.29) is 5.91 Å². The largest absolute Gasteiger partial charge is 0.333 e. The molecule has 1 saturated carbocycles. The Morgan fingerprint density at radius 3 is 3.10 bits per heavy atom. The Labute approximate surface area is 116 Å². The third-order valence-corrected chi connectivity index (χ3v) is 4.52. The lowest BCUT2D eigenvalue weighted by Crippen LogP contribution is -2.36. The lowest BCUT2D eigenvalue weighted by atomic mass is 9.90. The molecule has 1 amide bonds. The first-order valence-corrected chi connectivity index (χ1v) is 7.22. The van der Waals surface area contributed by atoms with E-state index < -0.39 is 0 Å². The van der Waals surface area contributed by atoms with Gasteiger partial charge < -0.3 is 4.90 Å². The van der Waals surface area contributed by atoms with Crippen molar-refractivity contribution in [2.24, 2.45) is 5.92 Å². The van der Waals surface area contributed by atoms with Gasteiger partial charge in [-0.05, 0) is 38.2 Å². The summed E-state index contributed by atoms with van der Waals surface area (Å²) in [4.78, 5) is 19.0. The molecular weight excluding hydrogens is 254 g/mol. The van der Waals surface area contributed by atoms with Crippen molar-refractivity contribution in [3.05, 3.63) is 23.8 Å². The van der Waals surface area contributed by atoms with Gasteiger partial charge in [-0.15, -0.1) is 10.2 Å². The summed E-state index contributed by atoms with van der Waals surface area (Å²) in [6.07, 6.45) is 6.59. The predicted octanol–water partition coefficient (Wildman–Crippen LogP) is 1.45. The summed E-state index contributed by atoms with van der Waals surface area (Å²) in [7, 11) is 0. The monoisotopic (exact) mass is 271 g/mol. The lowest BCUT2D eigenvalue weighted by molar-refractivity contribution is 0.0719. The van der Waals surface area contributed by atoms with E-state index in [4.69, 9.17) is 0 Å². The highest BCUT2D eigenvalue weighted by Gasteiger charge is 2.39. The molecule has 2 aromatic heterocycles. The van der Waals surface area contributed by atoms with Crippen molar-refractivity contribution in [3.63, 3.8) is 0 Å². The number of likely N-dealkylation sites (tertiary alicyclic amines) is 1. The maximum Gasteiger partial charge on any atom is 0.292 e. The van der Waals surface area contributed by atoms with Crippen LogP contribution in [0, 0.1) is 12.8 Å². The molecule has 2 bridgehead atoms. The van der Waals surface area contributed by atoms with E-state index in [1.807, 2.05) is 24.1 Å². The summed E-state index contributed by atoms with van der Waals surface area (Å²) in [5, 5.41) is 8.07. The number of rotatable bonds is 1. The van der Waals surface area contributed by atoms with E-state index in [0.717, 1.165) is 25.1 Å². The number of aromatic nitrogens is 4. The minimum atomic E-state index is -0.00227. The Kier molecular flexibility index (Phi) is 2.52. The minimum absolute atomic E-state index is 0.00227. The zero-order chi connectivity index (χ0) is 13.7. The van der Waals surface area contributed by atoms with Gasteiger partial charge in [0.25, 0.3) is 11.7 Å². The second-order valence-corrected chi connectivity index (χ2v) is 5.91. The van der Waals surface area contributed by atoms with E-state index >= 15 is 0 Å². The van der Waals surface area contributed by atoms with Crippen LogP contribution in [0.4, 0.5) is 0 Å². The van der Waals surface area contributed by atoms with Crippen molar-refractivity contribution in [2.75, 3.05) is 6.54 Å². The third-order valence-electron chi connectivity index (χ3n) is 4.52. The summed E-state index contributed by atoms with van der Waals surface area (Å²) < 4.78 is 1.69. The van der Waals surface area contributed by atoms with Crippen molar-refractivity contribution in [1.82, 2.24) is 24.5 Å². The molecule has 0 unspecified atom stereocenters. The van der Waals surface area contributed by atoms with E-state index in [1.165, 1.54) is 12.8 Å². The van der Waals surface area contributed by atoms with Gasteiger partial charge >= 0.3 is 0 Å². The first kappa shape index (κ1) is 11.8. The molecule has 0 aromatic carbocycles. The van der Waals surface area contributed by atoms with Gasteiger partial charge in [0.1, 0.15) is 0 Å². The van der Waals surface area contributed by atoms with Crippen LogP contribution < -0.4 is 0 Å². The van der Waals surface area contributed by atoms with E-state index in [1.54, 1.807) is 4.40 Å². The number of aryl methyl sites for hydroxylation is 1. The molecule has 3 heterocycles. The molecule has 20 heavy (non-hydrogen) atoms. The molecule has 6 heteroatoms. The number of hydrogen-bond donors (Lipinski definition) is 0. The average Bonchev–Trinajstić information content (AvgIpc) is 2.99. The Hall–Kier alpha value is -1.98. The number of carbonyl (C=O) groups is 1. The highest BCUT2D eigenvalue weighted by molar-refractivity contribution is 5.91. The van der Waals surface area contributed by atoms with E-state index in [0.29, 0.717) is 23.6 Å². The Morgan fingerprint density at radius 2 is 2.25 bits per heavy atom. The van der Waals surface area contributed by atoms with Crippen LogP contribution >= 0.6 is 0 Å². The van der Waals surface area contributed by atoms with Crippen molar-refractivity contribution < 1.29 is 4.79 Å². The summed E-state index contributed by atoms with van der Waals surface area (Å²) in [5.41, 5.74) is 0.876. The molecule has 4 rings (SSSR count). The third kappa shape index (κ3) is 1.71. The number of amides is 1. The summed E-state index contributed by atoms with van der Waals surface area (Å²) in [6.45, 7) is 2.78. The number of fused-ring (bicyclic) bond motifs is 3. The van der Waals surface area contributed by atoms with Crippen molar-refractivity contribution in [3.8, 4) is 0 Å². The maximum atomic E-state index is 12.7. The molecule has 0 radical (unpaired) electrons. The molecule has 1 saturated heterocycles. The van der Waals surface area contributed by atoms with Gasteiger partial charge in [-0.1, -0.05) is 6.42 Å². The van der Waals surface area contributed by atoms with Crippen LogP contribution in [-0.4, -0.2) is 43.0 Å². The molecule has 2 aliphatic rings. The molecule has 2 atom stereocenters. The van der Waals surface area contributed by atoms with Gasteiger partial charge in [0, 0.05) is 24.5 Å². The van der Waals surface area contributed by atoms with Crippen LogP contribution in [0.3, 0.4) is 0 Å². The van der Waals surface area contributed by atoms with E-state index in [2.05, 4.69) is 15.2 Å². The van der Waals surface area contributed by atoms with E-state index in [9.17, 15) is 4.79 Å². The minimum Gasteiger partial charge on any atom is -0.333 e. The summed E-state index contributed by atoms with van der Waals surface area (Å²) in [6, 6.07) is 2.27. The second-order valence-electron chi connectivity index (χ2n) is 5.91. The SMILES string of the molecule is Cc1ccn2c(C(=O)N3C[C@@H]4CCC[C@H]3C4)nnc2n1. The molecule has 2 aromatic rings.